The minimum absolute atomic E-state index is 0.147. The van der Waals surface area contributed by atoms with E-state index in [1.54, 1.807) is 33.2 Å². The van der Waals surface area contributed by atoms with Crippen molar-refractivity contribution in [2.75, 3.05) is 14.2 Å². The molecule has 0 saturated carbocycles. The summed E-state index contributed by atoms with van der Waals surface area (Å²) in [6.45, 7) is 3.67. The second-order valence-corrected chi connectivity index (χ2v) is 7.36. The van der Waals surface area contributed by atoms with E-state index in [0.29, 0.717) is 21.3 Å². The number of carbonyl (C=O) groups excluding carboxylic acids is 1. The van der Waals surface area contributed by atoms with E-state index in [4.69, 9.17) is 4.74 Å². The van der Waals surface area contributed by atoms with Crippen LogP contribution in [0.4, 0.5) is 5.69 Å². The van der Waals surface area contributed by atoms with Gasteiger partial charge in [0, 0.05) is 7.05 Å². The predicted molar refractivity (Wildman–Crippen MR) is 111 cm³/mol. The standard InChI is InChI=1S/C21H20N2O4S/c1-12-10-15(27-4)9-8-14(12)11-18-19(24)23(3)21(28-18)22-17-7-5-6-16(13(17)2)20(25)26/h5-11H,1-4H3,(H,25,26)/b18-11-,22-21?. The van der Waals surface area contributed by atoms with E-state index < -0.39 is 5.97 Å². The van der Waals surface area contributed by atoms with Gasteiger partial charge in [0.2, 0.25) is 0 Å². The van der Waals surface area contributed by atoms with Crippen LogP contribution in [0.3, 0.4) is 0 Å². The largest absolute Gasteiger partial charge is 0.497 e. The lowest BCUT2D eigenvalue weighted by atomic mass is 10.1. The van der Waals surface area contributed by atoms with Crippen LogP contribution in [0.15, 0.2) is 46.3 Å². The number of carboxylic acid groups (broad SMARTS) is 1. The topological polar surface area (TPSA) is 79.2 Å². The van der Waals surface area contributed by atoms with Crippen molar-refractivity contribution in [2.24, 2.45) is 4.99 Å². The van der Waals surface area contributed by atoms with E-state index in [0.717, 1.165) is 16.9 Å². The van der Waals surface area contributed by atoms with Crippen LogP contribution in [0.5, 0.6) is 5.75 Å². The third-order valence-electron chi connectivity index (χ3n) is 4.52. The van der Waals surface area contributed by atoms with Gasteiger partial charge in [-0.1, -0.05) is 12.1 Å². The fourth-order valence-electron chi connectivity index (χ4n) is 2.81. The van der Waals surface area contributed by atoms with E-state index in [9.17, 15) is 14.7 Å². The molecule has 1 N–H and O–H groups in total. The van der Waals surface area contributed by atoms with Crippen molar-refractivity contribution >= 4 is 40.6 Å². The molecule has 3 rings (SSSR count). The van der Waals surface area contributed by atoms with Gasteiger partial charge in [0.25, 0.3) is 5.91 Å². The summed E-state index contributed by atoms with van der Waals surface area (Å²) in [6, 6.07) is 10.6. The molecule has 1 aliphatic rings. The number of hydrogen-bond acceptors (Lipinski definition) is 5. The Morgan fingerprint density at radius 2 is 2.00 bits per heavy atom. The first-order valence-electron chi connectivity index (χ1n) is 8.55. The van der Waals surface area contributed by atoms with Crippen LogP contribution in [0, 0.1) is 13.8 Å². The maximum Gasteiger partial charge on any atom is 0.336 e. The first-order valence-corrected chi connectivity index (χ1v) is 9.37. The number of rotatable bonds is 4. The van der Waals surface area contributed by atoms with Crippen molar-refractivity contribution in [2.45, 2.75) is 13.8 Å². The number of benzene rings is 2. The van der Waals surface area contributed by atoms with Gasteiger partial charge in [0.05, 0.1) is 23.3 Å². The number of carbonyl (C=O) groups is 2. The molecule has 1 amide bonds. The number of methoxy groups -OCH3 is 1. The monoisotopic (exact) mass is 396 g/mol. The van der Waals surface area contributed by atoms with Crippen molar-refractivity contribution in [3.05, 3.63) is 63.6 Å². The minimum atomic E-state index is -1.00. The Labute approximate surface area is 167 Å². The Hall–Kier alpha value is -3.06. The average molecular weight is 396 g/mol. The molecule has 1 fully saturated rings. The number of hydrogen-bond donors (Lipinski definition) is 1. The third kappa shape index (κ3) is 3.80. The molecule has 0 atom stereocenters. The Morgan fingerprint density at radius 1 is 1.25 bits per heavy atom. The first kappa shape index (κ1) is 19.7. The van der Waals surface area contributed by atoms with Crippen LogP contribution in [0.1, 0.15) is 27.0 Å². The zero-order valence-electron chi connectivity index (χ0n) is 16.0. The van der Waals surface area contributed by atoms with Crippen LogP contribution in [0.25, 0.3) is 6.08 Å². The number of ether oxygens (including phenoxy) is 1. The summed E-state index contributed by atoms with van der Waals surface area (Å²) in [5.74, 6) is -0.386. The molecule has 1 saturated heterocycles. The number of aryl methyl sites for hydroxylation is 1. The maximum absolute atomic E-state index is 12.6. The Kier molecular flexibility index (Phi) is 5.56. The molecule has 0 aliphatic carbocycles. The van der Waals surface area contributed by atoms with Gasteiger partial charge < -0.3 is 9.84 Å². The number of carboxylic acids is 1. The molecule has 0 radical (unpaired) electrons. The first-order chi connectivity index (χ1) is 13.3. The van der Waals surface area contributed by atoms with Gasteiger partial charge in [-0.05, 0) is 72.6 Å². The molecule has 144 valence electrons. The molecular weight excluding hydrogens is 376 g/mol. The summed E-state index contributed by atoms with van der Waals surface area (Å²) >= 11 is 1.27. The van der Waals surface area contributed by atoms with Gasteiger partial charge in [-0.2, -0.15) is 0 Å². The van der Waals surface area contributed by atoms with Crippen molar-refractivity contribution < 1.29 is 19.4 Å². The highest BCUT2D eigenvalue weighted by molar-refractivity contribution is 8.18. The Bertz CT molecular complexity index is 1030. The summed E-state index contributed by atoms with van der Waals surface area (Å²) in [5.41, 5.74) is 3.22. The van der Waals surface area contributed by atoms with E-state index >= 15 is 0 Å². The molecule has 28 heavy (non-hydrogen) atoms. The summed E-state index contributed by atoms with van der Waals surface area (Å²) in [4.78, 5) is 30.5. The van der Waals surface area contributed by atoms with Gasteiger partial charge in [0.15, 0.2) is 5.17 Å². The summed E-state index contributed by atoms with van der Waals surface area (Å²) in [5, 5.41) is 9.79. The predicted octanol–water partition coefficient (Wildman–Crippen LogP) is 4.24. The summed E-state index contributed by atoms with van der Waals surface area (Å²) in [7, 11) is 3.27. The van der Waals surface area contributed by atoms with Crippen molar-refractivity contribution in [3.63, 3.8) is 0 Å². The summed E-state index contributed by atoms with van der Waals surface area (Å²) in [6.07, 6.45) is 1.83. The Balaban J connectivity index is 1.95. The molecule has 0 unspecified atom stereocenters. The number of amides is 1. The Morgan fingerprint density at radius 3 is 2.64 bits per heavy atom. The van der Waals surface area contributed by atoms with Crippen molar-refractivity contribution in [1.29, 1.82) is 0 Å². The van der Waals surface area contributed by atoms with Gasteiger partial charge >= 0.3 is 5.97 Å². The fraction of sp³-hybridized carbons (Fsp3) is 0.190. The van der Waals surface area contributed by atoms with E-state index in [-0.39, 0.29) is 11.5 Å². The highest BCUT2D eigenvalue weighted by Crippen LogP contribution is 2.35. The number of likely N-dealkylation sites (N-methyl/N-ethyl adjacent to an activating group) is 1. The molecule has 1 heterocycles. The molecule has 2 aromatic carbocycles. The lowest BCUT2D eigenvalue weighted by Crippen LogP contribution is -2.23. The molecule has 0 spiro atoms. The summed E-state index contributed by atoms with van der Waals surface area (Å²) < 4.78 is 5.22. The molecule has 2 aromatic rings. The third-order valence-corrected chi connectivity index (χ3v) is 5.58. The van der Waals surface area contributed by atoms with Crippen LogP contribution < -0.4 is 4.74 Å². The molecule has 7 heteroatoms. The number of aliphatic imine (C=N–C) groups is 1. The lowest BCUT2D eigenvalue weighted by Gasteiger charge is -2.09. The number of thioether (sulfide) groups is 1. The smallest absolute Gasteiger partial charge is 0.336 e. The second kappa shape index (κ2) is 7.90. The number of aromatic carboxylic acids is 1. The maximum atomic E-state index is 12.6. The normalized spacial score (nSPS) is 16.9. The van der Waals surface area contributed by atoms with E-state index in [1.807, 2.05) is 31.2 Å². The second-order valence-electron chi connectivity index (χ2n) is 6.35. The van der Waals surface area contributed by atoms with E-state index in [1.165, 1.54) is 22.7 Å². The zero-order valence-corrected chi connectivity index (χ0v) is 16.8. The van der Waals surface area contributed by atoms with Crippen LogP contribution >= 0.6 is 11.8 Å². The van der Waals surface area contributed by atoms with Crippen LogP contribution in [0.2, 0.25) is 0 Å². The fourth-order valence-corrected chi connectivity index (χ4v) is 3.78. The molecule has 1 aliphatic heterocycles. The number of amidine groups is 1. The quantitative estimate of drug-likeness (QED) is 0.782. The molecular formula is C21H20N2O4S. The number of nitrogens with zero attached hydrogens (tertiary/aromatic N) is 2. The van der Waals surface area contributed by atoms with E-state index in [2.05, 4.69) is 4.99 Å². The zero-order chi connectivity index (χ0) is 20.4. The van der Waals surface area contributed by atoms with Gasteiger partial charge in [0.1, 0.15) is 5.75 Å². The van der Waals surface area contributed by atoms with Crippen molar-refractivity contribution in [1.82, 2.24) is 4.90 Å². The highest BCUT2D eigenvalue weighted by atomic mass is 32.2. The molecule has 0 aromatic heterocycles. The average Bonchev–Trinajstić information content (AvgIpc) is 2.92. The van der Waals surface area contributed by atoms with Crippen LogP contribution in [-0.4, -0.2) is 41.2 Å². The van der Waals surface area contributed by atoms with Crippen LogP contribution in [-0.2, 0) is 4.79 Å². The highest BCUT2D eigenvalue weighted by Gasteiger charge is 2.30. The van der Waals surface area contributed by atoms with Gasteiger partial charge in [-0.3, -0.25) is 9.69 Å². The lowest BCUT2D eigenvalue weighted by molar-refractivity contribution is -0.121. The minimum Gasteiger partial charge on any atom is -0.497 e. The molecule has 0 bridgehead atoms. The van der Waals surface area contributed by atoms with Gasteiger partial charge in [-0.15, -0.1) is 0 Å². The molecule has 6 nitrogen and oxygen atoms in total. The SMILES string of the molecule is COc1ccc(/C=C2\SC(=Nc3cccc(C(=O)O)c3C)N(C)C2=O)c(C)c1. The van der Waals surface area contributed by atoms with Crippen molar-refractivity contribution in [3.8, 4) is 5.75 Å². The van der Waals surface area contributed by atoms with Gasteiger partial charge in [-0.25, -0.2) is 9.79 Å².